The molecule has 0 aliphatic carbocycles. The van der Waals surface area contributed by atoms with Gasteiger partial charge in [0, 0.05) is 11.8 Å². The van der Waals surface area contributed by atoms with Crippen LogP contribution in [0.2, 0.25) is 5.15 Å². The van der Waals surface area contributed by atoms with Crippen molar-refractivity contribution in [1.29, 1.82) is 0 Å². The summed E-state index contributed by atoms with van der Waals surface area (Å²) in [6.45, 7) is 3.56. The van der Waals surface area contributed by atoms with Crippen LogP contribution in [0.3, 0.4) is 0 Å². The molecule has 1 amide bonds. The number of rotatable bonds is 4. The van der Waals surface area contributed by atoms with E-state index in [2.05, 4.69) is 15.4 Å². The quantitative estimate of drug-likeness (QED) is 0.529. The zero-order valence-corrected chi connectivity index (χ0v) is 12.1. The summed E-state index contributed by atoms with van der Waals surface area (Å²) in [5.41, 5.74) is 1.28. The SMILES string of the molecule is Cc1cc(C)n(CC(=O)Nc2nc(Cl)ccc2[N+](=O)[O-])n1. The number of carbonyl (C=O) groups is 1. The molecule has 110 valence electrons. The van der Waals surface area contributed by atoms with Crippen molar-refractivity contribution in [2.24, 2.45) is 0 Å². The van der Waals surface area contributed by atoms with Gasteiger partial charge in [-0.25, -0.2) is 4.98 Å². The molecule has 0 aliphatic heterocycles. The van der Waals surface area contributed by atoms with E-state index < -0.39 is 10.8 Å². The molecule has 0 spiro atoms. The van der Waals surface area contributed by atoms with Gasteiger partial charge in [0.05, 0.1) is 10.6 Å². The largest absolute Gasteiger partial charge is 0.311 e. The van der Waals surface area contributed by atoms with Crippen LogP contribution >= 0.6 is 11.6 Å². The van der Waals surface area contributed by atoms with Gasteiger partial charge < -0.3 is 5.32 Å². The molecule has 0 bridgehead atoms. The fraction of sp³-hybridized carbons (Fsp3) is 0.250. The van der Waals surface area contributed by atoms with E-state index in [1.54, 1.807) is 0 Å². The Bertz CT molecular complexity index is 713. The van der Waals surface area contributed by atoms with Crippen LogP contribution in [0.25, 0.3) is 0 Å². The third-order valence-corrected chi connectivity index (χ3v) is 2.90. The van der Waals surface area contributed by atoms with E-state index >= 15 is 0 Å². The smallest absolute Gasteiger partial charge is 0.303 e. The number of hydrogen-bond acceptors (Lipinski definition) is 5. The number of nitrogens with one attached hydrogen (secondary N) is 1. The number of hydrogen-bond donors (Lipinski definition) is 1. The molecule has 0 unspecified atom stereocenters. The second kappa shape index (κ2) is 5.88. The molecule has 8 nitrogen and oxygen atoms in total. The van der Waals surface area contributed by atoms with Gasteiger partial charge in [0.1, 0.15) is 11.7 Å². The van der Waals surface area contributed by atoms with Gasteiger partial charge in [0.2, 0.25) is 11.7 Å². The molecule has 0 radical (unpaired) electrons. The molecule has 0 saturated carbocycles. The van der Waals surface area contributed by atoms with Crippen molar-refractivity contribution in [3.63, 3.8) is 0 Å². The van der Waals surface area contributed by atoms with E-state index in [9.17, 15) is 14.9 Å². The molecule has 2 heterocycles. The number of halogens is 1. The Hall–Kier alpha value is -2.48. The molecule has 0 fully saturated rings. The van der Waals surface area contributed by atoms with Crippen molar-refractivity contribution in [3.05, 3.63) is 44.9 Å². The van der Waals surface area contributed by atoms with Crippen molar-refractivity contribution in [2.45, 2.75) is 20.4 Å². The van der Waals surface area contributed by atoms with Gasteiger partial charge in [0.25, 0.3) is 0 Å². The summed E-state index contributed by atoms with van der Waals surface area (Å²) < 4.78 is 1.50. The van der Waals surface area contributed by atoms with Gasteiger partial charge in [-0.15, -0.1) is 0 Å². The maximum Gasteiger partial charge on any atom is 0.311 e. The highest BCUT2D eigenvalue weighted by molar-refractivity contribution is 6.29. The third kappa shape index (κ3) is 3.54. The third-order valence-electron chi connectivity index (χ3n) is 2.69. The number of carbonyl (C=O) groups excluding carboxylic acids is 1. The first-order valence-electron chi connectivity index (χ1n) is 5.98. The maximum absolute atomic E-state index is 12.0. The van der Waals surface area contributed by atoms with Crippen LogP contribution in [0.15, 0.2) is 18.2 Å². The summed E-state index contributed by atoms with van der Waals surface area (Å²) in [6.07, 6.45) is 0. The monoisotopic (exact) mass is 309 g/mol. The molecule has 0 saturated heterocycles. The summed E-state index contributed by atoms with van der Waals surface area (Å²) in [4.78, 5) is 26.0. The van der Waals surface area contributed by atoms with Crippen LogP contribution in [-0.4, -0.2) is 25.6 Å². The van der Waals surface area contributed by atoms with Gasteiger partial charge in [-0.2, -0.15) is 5.10 Å². The predicted molar refractivity (Wildman–Crippen MR) is 76.2 cm³/mol. The van der Waals surface area contributed by atoms with E-state index in [4.69, 9.17) is 11.6 Å². The normalized spacial score (nSPS) is 10.4. The van der Waals surface area contributed by atoms with Crippen LogP contribution in [0.5, 0.6) is 0 Å². The maximum atomic E-state index is 12.0. The van der Waals surface area contributed by atoms with E-state index in [1.807, 2.05) is 19.9 Å². The van der Waals surface area contributed by atoms with E-state index in [1.165, 1.54) is 16.8 Å². The van der Waals surface area contributed by atoms with Crippen LogP contribution in [-0.2, 0) is 11.3 Å². The zero-order chi connectivity index (χ0) is 15.6. The van der Waals surface area contributed by atoms with Crippen LogP contribution in [0.4, 0.5) is 11.5 Å². The predicted octanol–water partition coefficient (Wildman–Crippen LogP) is 2.10. The van der Waals surface area contributed by atoms with Crippen molar-refractivity contribution in [1.82, 2.24) is 14.8 Å². The molecule has 0 aromatic carbocycles. The number of pyridine rings is 1. The van der Waals surface area contributed by atoms with Gasteiger partial charge in [-0.05, 0) is 26.0 Å². The van der Waals surface area contributed by atoms with Gasteiger partial charge in [0.15, 0.2) is 0 Å². The number of nitro groups is 1. The molecule has 2 aromatic heterocycles. The fourth-order valence-corrected chi connectivity index (χ4v) is 1.96. The summed E-state index contributed by atoms with van der Waals surface area (Å²) in [5, 5.41) is 17.5. The first kappa shape index (κ1) is 14.9. The highest BCUT2D eigenvalue weighted by Gasteiger charge is 2.18. The van der Waals surface area contributed by atoms with E-state index in [0.29, 0.717) is 0 Å². The Labute approximate surface area is 124 Å². The summed E-state index contributed by atoms with van der Waals surface area (Å²) >= 11 is 5.69. The summed E-state index contributed by atoms with van der Waals surface area (Å²) in [6, 6.07) is 4.30. The Morgan fingerprint density at radius 3 is 2.76 bits per heavy atom. The molecule has 0 atom stereocenters. The molecule has 2 rings (SSSR count). The number of anilines is 1. The molecular formula is C12H12ClN5O3. The number of aryl methyl sites for hydroxylation is 2. The van der Waals surface area contributed by atoms with Gasteiger partial charge in [-0.3, -0.25) is 19.6 Å². The Balaban J connectivity index is 2.18. The molecular weight excluding hydrogens is 298 g/mol. The first-order valence-corrected chi connectivity index (χ1v) is 6.36. The van der Waals surface area contributed by atoms with E-state index in [0.717, 1.165) is 11.4 Å². The average molecular weight is 310 g/mol. The molecule has 1 N–H and O–H groups in total. The van der Waals surface area contributed by atoms with Gasteiger partial charge >= 0.3 is 5.69 Å². The first-order chi connectivity index (χ1) is 9.86. The lowest BCUT2D eigenvalue weighted by Gasteiger charge is -2.06. The lowest BCUT2D eigenvalue weighted by atomic mass is 10.4. The topological polar surface area (TPSA) is 103 Å². The highest BCUT2D eigenvalue weighted by Crippen LogP contribution is 2.23. The second-order valence-electron chi connectivity index (χ2n) is 4.39. The summed E-state index contributed by atoms with van der Waals surface area (Å²) in [7, 11) is 0. The van der Waals surface area contributed by atoms with E-state index in [-0.39, 0.29) is 23.2 Å². The Kier molecular flexibility index (Phi) is 4.18. The standard InChI is InChI=1S/C12H12ClN5O3/c1-7-5-8(2)17(16-7)6-11(19)15-12-9(18(20)21)3-4-10(13)14-12/h3-5H,6H2,1-2H3,(H,14,15,19). The van der Waals surface area contributed by atoms with Crippen molar-refractivity contribution in [2.75, 3.05) is 5.32 Å². The van der Waals surface area contributed by atoms with Crippen molar-refractivity contribution >= 4 is 29.0 Å². The van der Waals surface area contributed by atoms with Crippen LogP contribution in [0.1, 0.15) is 11.4 Å². The molecule has 9 heteroatoms. The minimum Gasteiger partial charge on any atom is -0.303 e. The fourth-order valence-electron chi connectivity index (χ4n) is 1.81. The zero-order valence-electron chi connectivity index (χ0n) is 11.3. The summed E-state index contributed by atoms with van der Waals surface area (Å²) in [5.74, 6) is -0.655. The van der Waals surface area contributed by atoms with Crippen LogP contribution in [0, 0.1) is 24.0 Å². The number of amides is 1. The lowest BCUT2D eigenvalue weighted by molar-refractivity contribution is -0.384. The molecule has 0 aliphatic rings. The Morgan fingerprint density at radius 2 is 2.19 bits per heavy atom. The Morgan fingerprint density at radius 1 is 1.48 bits per heavy atom. The average Bonchev–Trinajstić information content (AvgIpc) is 2.67. The minimum absolute atomic E-state index is 0.0574. The van der Waals surface area contributed by atoms with Crippen molar-refractivity contribution < 1.29 is 9.72 Å². The van der Waals surface area contributed by atoms with Crippen molar-refractivity contribution in [3.8, 4) is 0 Å². The molecule has 2 aromatic rings. The number of aromatic nitrogens is 3. The van der Waals surface area contributed by atoms with Crippen LogP contribution < -0.4 is 5.32 Å². The minimum atomic E-state index is -0.637. The molecule has 21 heavy (non-hydrogen) atoms. The number of nitrogens with zero attached hydrogens (tertiary/aromatic N) is 4. The highest BCUT2D eigenvalue weighted by atomic mass is 35.5. The lowest BCUT2D eigenvalue weighted by Crippen LogP contribution is -2.21. The van der Waals surface area contributed by atoms with Gasteiger partial charge in [-0.1, -0.05) is 11.6 Å². The second-order valence-corrected chi connectivity index (χ2v) is 4.78.